The van der Waals surface area contributed by atoms with Crippen LogP contribution >= 0.6 is 11.8 Å². The molecule has 24 heavy (non-hydrogen) atoms. The third kappa shape index (κ3) is 3.08. The molecule has 0 unspecified atom stereocenters. The summed E-state index contributed by atoms with van der Waals surface area (Å²) < 4.78 is 52.5. The van der Waals surface area contributed by atoms with Gasteiger partial charge in [0.25, 0.3) is 0 Å². The fourth-order valence-corrected chi connectivity index (χ4v) is 3.05. The molecule has 0 aliphatic heterocycles. The zero-order valence-corrected chi connectivity index (χ0v) is 13.3. The summed E-state index contributed by atoms with van der Waals surface area (Å²) in [6, 6.07) is 2.67. The van der Waals surface area contributed by atoms with Gasteiger partial charge >= 0.3 is 6.18 Å². The number of aromatic nitrogens is 4. The number of rotatable bonds is 4. The van der Waals surface area contributed by atoms with Crippen molar-refractivity contribution in [3.05, 3.63) is 36.3 Å². The Morgan fingerprint density at radius 1 is 1.25 bits per heavy atom. The van der Waals surface area contributed by atoms with E-state index in [-0.39, 0.29) is 11.3 Å². The maximum absolute atomic E-state index is 12.8. The zero-order valence-electron chi connectivity index (χ0n) is 12.5. The first-order valence-electron chi connectivity index (χ1n) is 6.94. The van der Waals surface area contributed by atoms with Crippen LogP contribution in [0.5, 0.6) is 0 Å². The van der Waals surface area contributed by atoms with E-state index in [1.165, 1.54) is 11.8 Å². The molecule has 3 heterocycles. The fourth-order valence-electron chi connectivity index (χ4n) is 2.30. The Morgan fingerprint density at radius 2 is 2.04 bits per heavy atom. The van der Waals surface area contributed by atoms with Gasteiger partial charge in [0.05, 0.1) is 12.2 Å². The van der Waals surface area contributed by atoms with E-state index in [9.17, 15) is 17.6 Å². The van der Waals surface area contributed by atoms with Crippen LogP contribution in [0.1, 0.15) is 5.56 Å². The highest BCUT2D eigenvalue weighted by Gasteiger charge is 2.31. The number of hydrogen-bond acceptors (Lipinski definition) is 4. The molecule has 4 nitrogen and oxygen atoms in total. The van der Waals surface area contributed by atoms with Crippen molar-refractivity contribution >= 4 is 22.9 Å². The van der Waals surface area contributed by atoms with Crippen LogP contribution in [0.2, 0.25) is 0 Å². The van der Waals surface area contributed by atoms with Gasteiger partial charge in [-0.05, 0) is 12.1 Å². The standard InChI is InChI=1S/C15H12F4N4S/c1-23-13(10-2-4-20-8-12(10)24-5-3-16)22-11-6-9(15(17,18)19)7-21-14(11)23/h2,4,6-8H,3,5H2,1H3. The van der Waals surface area contributed by atoms with Crippen LogP contribution in [0, 0.1) is 0 Å². The van der Waals surface area contributed by atoms with Gasteiger partial charge in [0.2, 0.25) is 0 Å². The Bertz CT molecular complexity index is 876. The number of halogens is 4. The largest absolute Gasteiger partial charge is 0.417 e. The van der Waals surface area contributed by atoms with Gasteiger partial charge in [0, 0.05) is 41.8 Å². The molecule has 0 N–H and O–H groups in total. The van der Waals surface area contributed by atoms with Crippen LogP contribution in [-0.4, -0.2) is 31.9 Å². The first-order valence-corrected chi connectivity index (χ1v) is 7.93. The number of imidazole rings is 1. The van der Waals surface area contributed by atoms with Crippen molar-refractivity contribution in [1.29, 1.82) is 0 Å². The van der Waals surface area contributed by atoms with Gasteiger partial charge in [-0.2, -0.15) is 13.2 Å². The van der Waals surface area contributed by atoms with Gasteiger partial charge in [-0.15, -0.1) is 11.8 Å². The summed E-state index contributed by atoms with van der Waals surface area (Å²) in [6.07, 6.45) is -0.539. The van der Waals surface area contributed by atoms with E-state index in [1.54, 1.807) is 30.1 Å². The minimum Gasteiger partial charge on any atom is -0.312 e. The molecule has 3 rings (SSSR count). The Hall–Kier alpha value is -2.16. The molecule has 0 spiro atoms. The van der Waals surface area contributed by atoms with E-state index in [0.29, 0.717) is 21.9 Å². The van der Waals surface area contributed by atoms with Gasteiger partial charge in [0.15, 0.2) is 5.65 Å². The molecule has 0 aliphatic carbocycles. The van der Waals surface area contributed by atoms with Crippen LogP contribution < -0.4 is 0 Å². The molecule has 0 aromatic carbocycles. The molecular formula is C15H12F4N4S. The van der Waals surface area contributed by atoms with Gasteiger partial charge in [-0.3, -0.25) is 9.37 Å². The molecule has 0 amide bonds. The predicted octanol–water partition coefficient (Wildman–Crippen LogP) is 4.11. The summed E-state index contributed by atoms with van der Waals surface area (Å²) in [6.45, 7) is -0.488. The van der Waals surface area contributed by atoms with Crippen molar-refractivity contribution in [2.24, 2.45) is 7.05 Å². The van der Waals surface area contributed by atoms with Gasteiger partial charge in [0.1, 0.15) is 11.3 Å². The highest BCUT2D eigenvalue weighted by Crippen LogP contribution is 2.34. The summed E-state index contributed by atoms with van der Waals surface area (Å²) in [4.78, 5) is 12.9. The topological polar surface area (TPSA) is 43.6 Å². The molecule has 0 bridgehead atoms. The molecule has 0 fully saturated rings. The number of nitrogens with zero attached hydrogens (tertiary/aromatic N) is 4. The highest BCUT2D eigenvalue weighted by molar-refractivity contribution is 7.99. The number of aryl methyl sites for hydroxylation is 1. The fraction of sp³-hybridized carbons (Fsp3) is 0.267. The molecule has 0 atom stereocenters. The molecule has 0 saturated heterocycles. The van der Waals surface area contributed by atoms with Crippen molar-refractivity contribution in [2.75, 3.05) is 12.4 Å². The second-order valence-electron chi connectivity index (χ2n) is 4.97. The van der Waals surface area contributed by atoms with E-state index < -0.39 is 18.4 Å². The average Bonchev–Trinajstić information content (AvgIpc) is 2.89. The van der Waals surface area contributed by atoms with Gasteiger partial charge in [-0.1, -0.05) is 0 Å². The van der Waals surface area contributed by atoms with Crippen molar-refractivity contribution in [3.8, 4) is 11.4 Å². The number of thioether (sulfide) groups is 1. The SMILES string of the molecule is Cn1c(-c2ccncc2SCCF)nc2cc(C(F)(F)F)cnc21. The zero-order chi connectivity index (χ0) is 17.3. The molecule has 3 aromatic heterocycles. The minimum absolute atomic E-state index is 0.153. The maximum atomic E-state index is 12.8. The van der Waals surface area contributed by atoms with Crippen LogP contribution in [0.4, 0.5) is 17.6 Å². The molecule has 0 saturated carbocycles. The van der Waals surface area contributed by atoms with E-state index in [2.05, 4.69) is 15.0 Å². The first kappa shape index (κ1) is 16.7. The van der Waals surface area contributed by atoms with E-state index in [1.807, 2.05) is 0 Å². The Balaban J connectivity index is 2.12. The molecule has 126 valence electrons. The van der Waals surface area contributed by atoms with Crippen LogP contribution in [-0.2, 0) is 13.2 Å². The highest BCUT2D eigenvalue weighted by atomic mass is 32.2. The Labute approximate surface area is 138 Å². The lowest BCUT2D eigenvalue weighted by Crippen LogP contribution is -2.05. The molecular weight excluding hydrogens is 344 g/mol. The number of hydrogen-bond donors (Lipinski definition) is 0. The lowest BCUT2D eigenvalue weighted by atomic mass is 10.2. The maximum Gasteiger partial charge on any atom is 0.417 e. The van der Waals surface area contributed by atoms with Crippen LogP contribution in [0.25, 0.3) is 22.6 Å². The van der Waals surface area contributed by atoms with Crippen molar-refractivity contribution in [3.63, 3.8) is 0 Å². The van der Waals surface area contributed by atoms with Crippen molar-refractivity contribution in [2.45, 2.75) is 11.1 Å². The van der Waals surface area contributed by atoms with Crippen molar-refractivity contribution in [1.82, 2.24) is 19.5 Å². The number of fused-ring (bicyclic) bond motifs is 1. The minimum atomic E-state index is -4.47. The summed E-state index contributed by atoms with van der Waals surface area (Å²) >= 11 is 1.28. The quantitative estimate of drug-likeness (QED) is 0.521. The average molecular weight is 356 g/mol. The second-order valence-corrected chi connectivity index (χ2v) is 6.10. The Kier molecular flexibility index (Phi) is 4.44. The molecule has 0 radical (unpaired) electrons. The summed E-state index contributed by atoms with van der Waals surface area (Å²) in [5.41, 5.74) is 0.329. The summed E-state index contributed by atoms with van der Waals surface area (Å²) in [5.74, 6) is 0.722. The third-order valence-corrected chi connectivity index (χ3v) is 4.39. The molecule has 3 aromatic rings. The third-order valence-electron chi connectivity index (χ3n) is 3.40. The number of pyridine rings is 2. The van der Waals surface area contributed by atoms with Crippen LogP contribution in [0.15, 0.2) is 35.6 Å². The predicted molar refractivity (Wildman–Crippen MR) is 83.4 cm³/mol. The number of alkyl halides is 4. The summed E-state index contributed by atoms with van der Waals surface area (Å²) in [7, 11) is 1.68. The van der Waals surface area contributed by atoms with Crippen LogP contribution in [0.3, 0.4) is 0 Å². The van der Waals surface area contributed by atoms with Crippen molar-refractivity contribution < 1.29 is 17.6 Å². The normalized spacial score (nSPS) is 12.0. The van der Waals surface area contributed by atoms with Gasteiger partial charge in [-0.25, -0.2) is 9.97 Å². The van der Waals surface area contributed by atoms with E-state index in [4.69, 9.17) is 0 Å². The molecule has 0 aliphatic rings. The van der Waals surface area contributed by atoms with E-state index >= 15 is 0 Å². The summed E-state index contributed by atoms with van der Waals surface area (Å²) in [5, 5.41) is 0. The van der Waals surface area contributed by atoms with Gasteiger partial charge < -0.3 is 4.57 Å². The second kappa shape index (κ2) is 6.39. The lowest BCUT2D eigenvalue weighted by Gasteiger charge is -2.07. The lowest BCUT2D eigenvalue weighted by molar-refractivity contribution is -0.137. The smallest absolute Gasteiger partial charge is 0.312 e. The first-order chi connectivity index (χ1) is 11.4. The van der Waals surface area contributed by atoms with E-state index in [0.717, 1.165) is 12.3 Å². The Morgan fingerprint density at radius 3 is 2.75 bits per heavy atom. The molecule has 9 heteroatoms. The monoisotopic (exact) mass is 356 g/mol.